The number of hydrogen-bond acceptors (Lipinski definition) is 3. The molecule has 0 amide bonds. The van der Waals surface area contributed by atoms with E-state index in [-0.39, 0.29) is 0 Å². The zero-order valence-electron chi connectivity index (χ0n) is 10.8. The second kappa shape index (κ2) is 6.39. The summed E-state index contributed by atoms with van der Waals surface area (Å²) in [6.07, 6.45) is 0. The second-order valence-electron chi connectivity index (χ2n) is 4.41. The van der Waals surface area contributed by atoms with Gasteiger partial charge in [0, 0.05) is 0 Å². The molecule has 0 unspecified atom stereocenters. The van der Waals surface area contributed by atoms with Crippen LogP contribution in [-0.4, -0.2) is 29.2 Å². The summed E-state index contributed by atoms with van der Waals surface area (Å²) in [5, 5.41) is 0. The fourth-order valence-electron chi connectivity index (χ4n) is 1.58. The van der Waals surface area contributed by atoms with E-state index >= 15 is 0 Å². The Labute approximate surface area is 121 Å². The first-order valence-corrected chi connectivity index (χ1v) is 11.5. The van der Waals surface area contributed by atoms with E-state index < -0.39 is 29.2 Å². The number of aryl methyl sites for hydroxylation is 2. The molecular formula is C14H14Ge2O3. The summed E-state index contributed by atoms with van der Waals surface area (Å²) in [4.78, 5) is 0. The normalized spacial score (nSPS) is 10.0. The van der Waals surface area contributed by atoms with Crippen LogP contribution in [0.4, 0.5) is 0 Å². The molecule has 2 aromatic rings. The van der Waals surface area contributed by atoms with Gasteiger partial charge in [0.15, 0.2) is 0 Å². The van der Waals surface area contributed by atoms with Crippen LogP contribution in [0.1, 0.15) is 11.1 Å². The molecule has 0 spiro atoms. The van der Waals surface area contributed by atoms with E-state index in [0.29, 0.717) is 8.79 Å². The van der Waals surface area contributed by atoms with Gasteiger partial charge in [0.05, 0.1) is 0 Å². The van der Waals surface area contributed by atoms with Gasteiger partial charge in [-0.15, -0.1) is 0 Å². The van der Waals surface area contributed by atoms with Crippen LogP contribution in [0.5, 0.6) is 0 Å². The minimum absolute atomic E-state index is 0.679. The van der Waals surface area contributed by atoms with Crippen molar-refractivity contribution < 1.29 is 10.3 Å². The van der Waals surface area contributed by atoms with E-state index in [2.05, 4.69) is 0 Å². The van der Waals surface area contributed by atoms with Crippen LogP contribution in [0.15, 0.2) is 48.5 Å². The van der Waals surface area contributed by atoms with Gasteiger partial charge in [0.2, 0.25) is 0 Å². The molecule has 0 N–H and O–H groups in total. The van der Waals surface area contributed by atoms with Crippen LogP contribution in [0, 0.1) is 13.8 Å². The Balaban J connectivity index is 2.08. The Hall–Kier alpha value is -1.07. The molecular weight excluding hydrogens is 361 g/mol. The first-order valence-electron chi connectivity index (χ1n) is 5.96. The summed E-state index contributed by atoms with van der Waals surface area (Å²) < 4.78 is 30.8. The second-order valence-corrected chi connectivity index (χ2v) is 11.9. The van der Waals surface area contributed by atoms with Crippen LogP contribution in [0.3, 0.4) is 0 Å². The van der Waals surface area contributed by atoms with Gasteiger partial charge < -0.3 is 0 Å². The van der Waals surface area contributed by atoms with Crippen molar-refractivity contribution in [2.45, 2.75) is 13.8 Å². The topological polar surface area (TPSA) is 43.4 Å². The van der Waals surface area contributed by atoms with Gasteiger partial charge >= 0.3 is 122 Å². The Morgan fingerprint density at radius 1 is 0.684 bits per heavy atom. The van der Waals surface area contributed by atoms with Crippen molar-refractivity contribution in [2.75, 3.05) is 0 Å². The van der Waals surface area contributed by atoms with Crippen LogP contribution in [0.2, 0.25) is 0 Å². The third kappa shape index (κ3) is 3.94. The molecule has 0 fully saturated rings. The molecule has 0 heterocycles. The first-order chi connectivity index (χ1) is 9.06. The molecule has 2 rings (SSSR count). The van der Waals surface area contributed by atoms with Crippen molar-refractivity contribution in [1.29, 1.82) is 0 Å². The molecule has 0 radical (unpaired) electrons. The monoisotopic (exact) mass is 378 g/mol. The van der Waals surface area contributed by atoms with E-state index in [1.54, 1.807) is 24.3 Å². The molecule has 0 saturated carbocycles. The predicted molar refractivity (Wildman–Crippen MR) is 75.6 cm³/mol. The van der Waals surface area contributed by atoms with Crippen LogP contribution in [0.25, 0.3) is 0 Å². The fraction of sp³-hybridized carbons (Fsp3) is 0.143. The quantitative estimate of drug-likeness (QED) is 0.756. The molecule has 0 atom stereocenters. The number of benzene rings is 2. The van der Waals surface area contributed by atoms with Crippen LogP contribution in [-0.2, 0) is 10.3 Å². The Morgan fingerprint density at radius 3 is 1.32 bits per heavy atom. The van der Waals surface area contributed by atoms with Crippen LogP contribution >= 0.6 is 0 Å². The summed E-state index contributed by atoms with van der Waals surface area (Å²) in [5.41, 5.74) is 2.21. The van der Waals surface area contributed by atoms with Gasteiger partial charge in [-0.3, -0.25) is 0 Å². The molecule has 2 aromatic carbocycles. The van der Waals surface area contributed by atoms with Gasteiger partial charge in [-0.1, -0.05) is 0 Å². The molecule has 0 aliphatic carbocycles. The first kappa shape index (κ1) is 14.3. The standard InChI is InChI=1S/C14H14Ge2O3/c1-11-3-7-13(8-4-11)15(17)19-16(18)14-9-5-12(2)6-10-14/h3-10H,1-2H3. The Morgan fingerprint density at radius 2 is 1.00 bits per heavy atom. The van der Waals surface area contributed by atoms with Gasteiger partial charge in [0.25, 0.3) is 0 Å². The Bertz CT molecular complexity index is 548. The van der Waals surface area contributed by atoms with E-state index in [1.165, 1.54) is 0 Å². The third-order valence-corrected chi connectivity index (χ3v) is 11.0. The average molecular weight is 375 g/mol. The van der Waals surface area contributed by atoms with Crippen molar-refractivity contribution in [3.05, 3.63) is 59.7 Å². The summed E-state index contributed by atoms with van der Waals surface area (Å²) in [6, 6.07) is 14.7. The van der Waals surface area contributed by atoms with E-state index in [1.807, 2.05) is 38.1 Å². The van der Waals surface area contributed by atoms with E-state index in [0.717, 1.165) is 11.1 Å². The third-order valence-electron chi connectivity index (χ3n) is 2.76. The Kier molecular flexibility index (Phi) is 4.82. The van der Waals surface area contributed by atoms with Crippen molar-refractivity contribution in [2.24, 2.45) is 0 Å². The van der Waals surface area contributed by atoms with Gasteiger partial charge in [-0.05, 0) is 0 Å². The predicted octanol–water partition coefficient (Wildman–Crippen LogP) is 1.27. The molecule has 0 aromatic heterocycles. The summed E-state index contributed by atoms with van der Waals surface area (Å²) in [6.45, 7) is 3.93. The van der Waals surface area contributed by atoms with Crippen molar-refractivity contribution in [3.63, 3.8) is 0 Å². The van der Waals surface area contributed by atoms with Crippen molar-refractivity contribution in [1.82, 2.24) is 0 Å². The van der Waals surface area contributed by atoms with E-state index in [9.17, 15) is 7.56 Å². The van der Waals surface area contributed by atoms with Gasteiger partial charge in [-0.25, -0.2) is 0 Å². The number of hydrogen-bond donors (Lipinski definition) is 0. The maximum absolute atomic E-state index is 12.1. The average Bonchev–Trinajstić information content (AvgIpc) is 2.40. The SMILES string of the molecule is Cc1cc[c]([Ge](=[O])[O][Ge](=[O])[c]2ccc(C)cc2)cc1. The molecule has 0 bridgehead atoms. The maximum atomic E-state index is 12.1. The van der Waals surface area contributed by atoms with Gasteiger partial charge in [-0.2, -0.15) is 0 Å². The molecule has 3 nitrogen and oxygen atoms in total. The fourth-order valence-corrected chi connectivity index (χ4v) is 8.68. The van der Waals surface area contributed by atoms with Crippen molar-refractivity contribution in [3.8, 4) is 0 Å². The van der Waals surface area contributed by atoms with Gasteiger partial charge in [0.1, 0.15) is 0 Å². The number of rotatable bonds is 4. The van der Waals surface area contributed by atoms with Crippen molar-refractivity contribution >= 4 is 38.0 Å². The molecule has 0 aliphatic heterocycles. The summed E-state index contributed by atoms with van der Waals surface area (Å²) in [5.74, 6) is 0. The summed E-state index contributed by atoms with van der Waals surface area (Å²) in [7, 11) is 0. The van der Waals surface area contributed by atoms with E-state index in [4.69, 9.17) is 2.79 Å². The van der Waals surface area contributed by atoms with Crippen LogP contribution < -0.4 is 8.79 Å². The molecule has 0 saturated heterocycles. The molecule has 96 valence electrons. The zero-order valence-corrected chi connectivity index (χ0v) is 15.0. The molecule has 0 aliphatic rings. The minimum atomic E-state index is -3.10. The zero-order chi connectivity index (χ0) is 13.8. The molecule has 19 heavy (non-hydrogen) atoms. The molecule has 5 heteroatoms. The summed E-state index contributed by atoms with van der Waals surface area (Å²) >= 11 is -6.19.